The van der Waals surface area contributed by atoms with Gasteiger partial charge < -0.3 is 32.9 Å². The Hall–Kier alpha value is 0.0488. The minimum absolute atomic E-state index is 0.441. The number of benzene rings is 1. The van der Waals surface area contributed by atoms with Gasteiger partial charge >= 0.3 is 51.4 Å². The molecule has 0 aromatic heterocycles. The second-order valence-electron chi connectivity index (χ2n) is 21.1. The highest BCUT2D eigenvalue weighted by molar-refractivity contribution is 6.91. The topological polar surface area (TPSA) is 121 Å². The van der Waals surface area contributed by atoms with Gasteiger partial charge in [0.05, 0.1) is 11.1 Å². The third kappa shape index (κ3) is 22.6. The van der Waals surface area contributed by atoms with E-state index in [2.05, 4.69) is 156 Å². The fourth-order valence-electron chi connectivity index (χ4n) is 8.15. The molecule has 1 aromatic carbocycles. The maximum atomic E-state index is 9.89. The molecule has 0 aliphatic heterocycles. The molecule has 0 N–H and O–H groups in total. The largest absolute Gasteiger partial charge is 0.437 e. The van der Waals surface area contributed by atoms with Crippen LogP contribution in [0.3, 0.4) is 0 Å². The first-order valence-corrected chi connectivity index (χ1v) is 50.2. The Kier molecular flexibility index (Phi) is 19.1. The minimum atomic E-state index is -2.51. The summed E-state index contributed by atoms with van der Waals surface area (Å²) >= 11 is 0. The maximum absolute atomic E-state index is 9.89. The molecule has 1 rings (SSSR count). The van der Waals surface area contributed by atoms with Gasteiger partial charge in [0.25, 0.3) is 0 Å². The van der Waals surface area contributed by atoms with Crippen molar-refractivity contribution in [3.63, 3.8) is 0 Å². The fraction of sp³-hybridized carbons (Fsp3) is 0.778. The molecule has 0 atom stereocenters. The summed E-state index contributed by atoms with van der Waals surface area (Å²) in [6.07, 6.45) is 3.50. The Morgan fingerprint density at radius 1 is 0.375 bits per heavy atom. The van der Waals surface area contributed by atoms with Crippen LogP contribution < -0.4 is 0 Å². The number of aryl methyl sites for hydroxylation is 2. The molecule has 0 saturated heterocycles. The first-order chi connectivity index (χ1) is 24.7. The fourth-order valence-corrected chi connectivity index (χ4v) is 55.7. The average Bonchev–Trinajstić information content (AvgIpc) is 2.85. The molecule has 20 heteroatoms. The van der Waals surface area contributed by atoms with Crippen LogP contribution in [0.15, 0.2) is 12.1 Å². The van der Waals surface area contributed by atoms with Crippen molar-refractivity contribution >= 4 is 84.6 Å². The van der Waals surface area contributed by atoms with Gasteiger partial charge in [0.15, 0.2) is 33.3 Å². The van der Waals surface area contributed by atoms with Gasteiger partial charge in [-0.15, -0.1) is 0 Å². The lowest BCUT2D eigenvalue weighted by atomic mass is 9.94. The van der Waals surface area contributed by atoms with Crippen LogP contribution in [0, 0.1) is 22.7 Å². The molecule has 0 spiro atoms. The highest BCUT2D eigenvalue weighted by atomic mass is 28.5. The highest BCUT2D eigenvalue weighted by Crippen LogP contribution is 2.31. The van der Waals surface area contributed by atoms with E-state index in [9.17, 15) is 10.5 Å². The van der Waals surface area contributed by atoms with E-state index in [0.29, 0.717) is 11.1 Å². The van der Waals surface area contributed by atoms with Gasteiger partial charge in [-0.25, -0.2) is 0 Å². The lowest BCUT2D eigenvalue weighted by Gasteiger charge is -2.42. The third-order valence-corrected chi connectivity index (χ3v) is 44.2. The van der Waals surface area contributed by atoms with Crippen LogP contribution in [-0.4, -0.2) is 84.6 Å². The standard InChI is InChI=1S/C36H80N2O8Si10/c1-47(2,3)39-51(11,12)43-55(19,20)45-53(15,16)41-49(7,8)27-23-25-33-29-35(31-37)36(32-38)30-34(33)26-24-28-50(9,10)42-54(17,18)46-56(21,22)44-52(13,14)40-48(4,5)6/h29-30H,23-28H2,1-22H3. The molecule has 322 valence electrons. The van der Waals surface area contributed by atoms with Gasteiger partial charge in [-0.05, 0) is 205 Å². The monoisotopic (exact) mass is 948 g/mol. The first-order valence-electron chi connectivity index (χ1n) is 20.3. The average molecular weight is 950 g/mol. The molecule has 0 fully saturated rings. The Balaban J connectivity index is 3.01. The van der Waals surface area contributed by atoms with Crippen molar-refractivity contribution in [1.29, 1.82) is 10.5 Å². The van der Waals surface area contributed by atoms with Gasteiger partial charge in [0.2, 0.25) is 0 Å². The second-order valence-corrected chi connectivity index (χ2v) is 60.9. The molecule has 0 aliphatic carbocycles. The van der Waals surface area contributed by atoms with Crippen LogP contribution in [0.25, 0.3) is 0 Å². The van der Waals surface area contributed by atoms with Crippen molar-refractivity contribution in [1.82, 2.24) is 0 Å². The first kappa shape index (κ1) is 54.1. The van der Waals surface area contributed by atoms with Crippen LogP contribution in [0.2, 0.25) is 156 Å². The molecule has 1 aromatic rings. The van der Waals surface area contributed by atoms with Crippen LogP contribution in [0.4, 0.5) is 0 Å². The predicted molar refractivity (Wildman–Crippen MR) is 257 cm³/mol. The molecule has 0 heterocycles. The van der Waals surface area contributed by atoms with Crippen molar-refractivity contribution in [2.24, 2.45) is 0 Å². The molecule has 10 nitrogen and oxygen atoms in total. The minimum Gasteiger partial charge on any atom is -0.437 e. The number of hydrogen-bond donors (Lipinski definition) is 0. The quantitative estimate of drug-likeness (QED) is 0.0926. The lowest BCUT2D eigenvalue weighted by molar-refractivity contribution is 0.296. The van der Waals surface area contributed by atoms with Crippen LogP contribution >= 0.6 is 0 Å². The van der Waals surface area contributed by atoms with E-state index in [4.69, 9.17) is 32.9 Å². The summed E-state index contributed by atoms with van der Waals surface area (Å²) in [5.74, 6) is 0. The summed E-state index contributed by atoms with van der Waals surface area (Å²) in [4.78, 5) is 0. The number of nitriles is 2. The van der Waals surface area contributed by atoms with E-state index in [1.807, 2.05) is 12.1 Å². The Morgan fingerprint density at radius 2 is 0.607 bits per heavy atom. The molecule has 0 saturated carbocycles. The van der Waals surface area contributed by atoms with Crippen molar-refractivity contribution in [2.45, 2.75) is 182 Å². The summed E-state index contributed by atoms with van der Waals surface area (Å²) in [6.45, 7) is 47.8. The maximum Gasteiger partial charge on any atom is 0.314 e. The summed E-state index contributed by atoms with van der Waals surface area (Å²) < 4.78 is 53.6. The molecule has 0 amide bonds. The molecular weight excluding hydrogens is 869 g/mol. The lowest BCUT2D eigenvalue weighted by Crippen LogP contribution is -2.58. The molecule has 0 unspecified atom stereocenters. The zero-order valence-corrected chi connectivity index (χ0v) is 49.6. The van der Waals surface area contributed by atoms with Gasteiger partial charge in [-0.1, -0.05) is 0 Å². The molecular formula is C36H80N2O8Si10. The van der Waals surface area contributed by atoms with E-state index in [-0.39, 0.29) is 0 Å². The van der Waals surface area contributed by atoms with E-state index in [1.165, 1.54) is 0 Å². The van der Waals surface area contributed by atoms with Crippen LogP contribution in [-0.2, 0) is 45.8 Å². The van der Waals surface area contributed by atoms with Crippen molar-refractivity contribution in [3.05, 3.63) is 34.4 Å². The highest BCUT2D eigenvalue weighted by Gasteiger charge is 2.46. The number of hydrogen-bond acceptors (Lipinski definition) is 10. The van der Waals surface area contributed by atoms with E-state index in [0.717, 1.165) is 48.9 Å². The summed E-state index contributed by atoms with van der Waals surface area (Å²) in [5.41, 5.74) is 3.17. The summed E-state index contributed by atoms with van der Waals surface area (Å²) in [7, 11) is -22.5. The van der Waals surface area contributed by atoms with Gasteiger partial charge in [0.1, 0.15) is 12.1 Å². The van der Waals surface area contributed by atoms with Crippen molar-refractivity contribution in [2.75, 3.05) is 0 Å². The van der Waals surface area contributed by atoms with Crippen LogP contribution in [0.1, 0.15) is 35.1 Å². The Bertz CT molecular complexity index is 1430. The zero-order chi connectivity index (χ0) is 44.0. The van der Waals surface area contributed by atoms with Gasteiger partial charge in [-0.2, -0.15) is 10.5 Å². The summed E-state index contributed by atoms with van der Waals surface area (Å²) in [5, 5.41) is 19.8. The molecule has 0 radical (unpaired) electrons. The van der Waals surface area contributed by atoms with Crippen molar-refractivity contribution in [3.8, 4) is 12.1 Å². The van der Waals surface area contributed by atoms with Gasteiger partial charge in [-0.3, -0.25) is 0 Å². The summed E-state index contributed by atoms with van der Waals surface area (Å²) in [6, 6.07) is 10.3. The van der Waals surface area contributed by atoms with E-state index >= 15 is 0 Å². The second kappa shape index (κ2) is 19.8. The Labute approximate surface area is 354 Å². The predicted octanol–water partition coefficient (Wildman–Crippen LogP) is 11.7. The number of rotatable bonds is 24. The SMILES string of the molecule is C[Si](C)(C)O[Si](C)(C)O[Si](C)(C)O[Si](C)(C)O[Si](C)(C)CCCc1cc(C#N)c(C#N)cc1CCC[Si](C)(C)O[Si](C)(C)O[Si](C)(C)O[Si](C)(C)O[Si](C)(C)C. The van der Waals surface area contributed by atoms with E-state index < -0.39 is 84.6 Å². The van der Waals surface area contributed by atoms with Crippen LogP contribution in [0.5, 0.6) is 0 Å². The third-order valence-electron chi connectivity index (χ3n) is 8.15. The normalized spacial score (nSPS) is 14.5. The van der Waals surface area contributed by atoms with Crippen molar-refractivity contribution < 1.29 is 32.9 Å². The molecule has 0 bridgehead atoms. The number of nitrogens with zero attached hydrogens (tertiary/aromatic N) is 2. The van der Waals surface area contributed by atoms with E-state index in [1.54, 1.807) is 0 Å². The smallest absolute Gasteiger partial charge is 0.314 e. The van der Waals surface area contributed by atoms with Gasteiger partial charge in [0, 0.05) is 0 Å². The Morgan fingerprint density at radius 3 is 0.839 bits per heavy atom. The molecule has 56 heavy (non-hydrogen) atoms. The zero-order valence-electron chi connectivity index (χ0n) is 39.6. The molecule has 0 aliphatic rings.